The Balaban J connectivity index is 2.02. The largest absolute Gasteiger partial charge is 0.508 e. The number of carbonyl (C=O) groups is 1. The van der Waals surface area contributed by atoms with Crippen LogP contribution in [-0.2, 0) is 0 Å². The number of phenols is 1. The average Bonchev–Trinajstić information content (AvgIpc) is 2.56. The van der Waals surface area contributed by atoms with Crippen LogP contribution in [0.25, 0.3) is 5.70 Å². The van der Waals surface area contributed by atoms with Crippen molar-refractivity contribution in [1.29, 1.82) is 0 Å². The van der Waals surface area contributed by atoms with Gasteiger partial charge >= 0.3 is 0 Å². The van der Waals surface area contributed by atoms with Gasteiger partial charge in [-0.2, -0.15) is 0 Å². The van der Waals surface area contributed by atoms with Crippen LogP contribution < -0.4 is 10.9 Å². The van der Waals surface area contributed by atoms with Crippen LogP contribution in [0.1, 0.15) is 22.8 Å². The highest BCUT2D eigenvalue weighted by atomic mass is 16.6. The van der Waals surface area contributed by atoms with Gasteiger partial charge in [0.1, 0.15) is 5.75 Å². The standard InChI is InChI=1S/C16H15N3O4/c1-2-15(11-5-9-14(20)10-6-11)17-18-16(21)12-3-7-13(8-4-12)19(22)23/h2-10,17,20H,1H3,(H,18,21)/b15-2-. The monoisotopic (exact) mass is 313 g/mol. The van der Waals surface area contributed by atoms with E-state index in [1.165, 1.54) is 24.3 Å². The Morgan fingerprint density at radius 2 is 1.61 bits per heavy atom. The number of phenolic OH excluding ortho intramolecular Hbond substituents is 1. The van der Waals surface area contributed by atoms with Crippen molar-refractivity contribution in [3.63, 3.8) is 0 Å². The third-order valence-electron chi connectivity index (χ3n) is 3.12. The van der Waals surface area contributed by atoms with Crippen molar-refractivity contribution < 1.29 is 14.8 Å². The lowest BCUT2D eigenvalue weighted by atomic mass is 10.1. The molecule has 0 atom stereocenters. The maximum absolute atomic E-state index is 12.0. The average molecular weight is 313 g/mol. The Kier molecular flexibility index (Phi) is 4.93. The summed E-state index contributed by atoms with van der Waals surface area (Å²) in [6.07, 6.45) is 1.77. The maximum Gasteiger partial charge on any atom is 0.269 e. The Hall–Kier alpha value is -3.35. The van der Waals surface area contributed by atoms with Crippen molar-refractivity contribution in [2.24, 2.45) is 0 Å². The fraction of sp³-hybridized carbons (Fsp3) is 0.0625. The third-order valence-corrected chi connectivity index (χ3v) is 3.12. The van der Waals surface area contributed by atoms with Crippen LogP contribution in [0.5, 0.6) is 5.75 Å². The number of carbonyl (C=O) groups excluding carboxylic acids is 1. The zero-order chi connectivity index (χ0) is 16.8. The highest BCUT2D eigenvalue weighted by molar-refractivity contribution is 5.94. The first kappa shape index (κ1) is 16.0. The Labute approximate surface area is 132 Å². The third kappa shape index (κ3) is 4.07. The van der Waals surface area contributed by atoms with Gasteiger partial charge in [0.15, 0.2) is 0 Å². The fourth-order valence-corrected chi connectivity index (χ4v) is 1.88. The molecule has 3 N–H and O–H groups in total. The molecule has 0 bridgehead atoms. The first-order valence-corrected chi connectivity index (χ1v) is 6.78. The number of nitrogens with one attached hydrogen (secondary N) is 2. The molecule has 2 aromatic carbocycles. The summed E-state index contributed by atoms with van der Waals surface area (Å²) in [5, 5.41) is 19.9. The van der Waals surface area contributed by atoms with Gasteiger partial charge in [0.05, 0.1) is 10.6 Å². The molecule has 0 aliphatic rings. The van der Waals surface area contributed by atoms with Gasteiger partial charge in [-0.1, -0.05) is 6.08 Å². The summed E-state index contributed by atoms with van der Waals surface area (Å²) < 4.78 is 0. The van der Waals surface area contributed by atoms with Gasteiger partial charge < -0.3 is 5.11 Å². The topological polar surface area (TPSA) is 104 Å². The Bertz CT molecular complexity index is 737. The first-order valence-electron chi connectivity index (χ1n) is 6.78. The number of nitro benzene ring substituents is 1. The summed E-state index contributed by atoms with van der Waals surface area (Å²) in [4.78, 5) is 22.1. The van der Waals surface area contributed by atoms with E-state index < -0.39 is 10.8 Å². The molecule has 0 unspecified atom stereocenters. The van der Waals surface area contributed by atoms with Gasteiger partial charge in [-0.3, -0.25) is 25.8 Å². The lowest BCUT2D eigenvalue weighted by molar-refractivity contribution is -0.384. The van der Waals surface area contributed by atoms with Crippen LogP contribution in [0.3, 0.4) is 0 Å². The normalized spacial score (nSPS) is 10.9. The van der Waals surface area contributed by atoms with Crippen LogP contribution in [0, 0.1) is 10.1 Å². The summed E-state index contributed by atoms with van der Waals surface area (Å²) >= 11 is 0. The highest BCUT2D eigenvalue weighted by Crippen LogP contribution is 2.16. The van der Waals surface area contributed by atoms with E-state index in [9.17, 15) is 20.0 Å². The van der Waals surface area contributed by atoms with Crippen molar-refractivity contribution in [3.05, 3.63) is 75.8 Å². The second-order valence-electron chi connectivity index (χ2n) is 4.63. The van der Waals surface area contributed by atoms with Crippen LogP contribution in [0.4, 0.5) is 5.69 Å². The Morgan fingerprint density at radius 3 is 2.13 bits per heavy atom. The smallest absolute Gasteiger partial charge is 0.269 e. The fourth-order valence-electron chi connectivity index (χ4n) is 1.88. The molecule has 7 heteroatoms. The molecular formula is C16H15N3O4. The lowest BCUT2D eigenvalue weighted by Gasteiger charge is -2.12. The lowest BCUT2D eigenvalue weighted by Crippen LogP contribution is -2.36. The van der Waals surface area contributed by atoms with Gasteiger partial charge in [-0.05, 0) is 48.9 Å². The zero-order valence-corrected chi connectivity index (χ0v) is 12.3. The van der Waals surface area contributed by atoms with E-state index in [0.717, 1.165) is 5.56 Å². The Morgan fingerprint density at radius 1 is 1.04 bits per heavy atom. The predicted octanol–water partition coefficient (Wildman–Crippen LogP) is 2.60. The number of nitrogens with zero attached hydrogens (tertiary/aromatic N) is 1. The second kappa shape index (κ2) is 7.08. The van der Waals surface area contributed by atoms with Crippen molar-refractivity contribution in [2.75, 3.05) is 0 Å². The molecule has 0 saturated heterocycles. The summed E-state index contributed by atoms with van der Waals surface area (Å²) in [7, 11) is 0. The van der Waals surface area contributed by atoms with Gasteiger partial charge in [-0.25, -0.2) is 0 Å². The number of hydrogen-bond donors (Lipinski definition) is 3. The molecule has 2 aromatic rings. The minimum absolute atomic E-state index is 0.0762. The predicted molar refractivity (Wildman–Crippen MR) is 85.5 cm³/mol. The van der Waals surface area contributed by atoms with E-state index in [1.54, 1.807) is 37.3 Å². The molecule has 0 fully saturated rings. The molecule has 0 radical (unpaired) electrons. The van der Waals surface area contributed by atoms with E-state index in [4.69, 9.17) is 0 Å². The number of rotatable bonds is 5. The molecule has 0 heterocycles. The van der Waals surface area contributed by atoms with E-state index in [-0.39, 0.29) is 11.4 Å². The van der Waals surface area contributed by atoms with E-state index >= 15 is 0 Å². The van der Waals surface area contributed by atoms with Crippen LogP contribution in [0.15, 0.2) is 54.6 Å². The first-order chi connectivity index (χ1) is 11.0. The molecular weight excluding hydrogens is 298 g/mol. The van der Waals surface area contributed by atoms with Gasteiger partial charge in [0.2, 0.25) is 0 Å². The van der Waals surface area contributed by atoms with Crippen LogP contribution in [-0.4, -0.2) is 15.9 Å². The molecule has 23 heavy (non-hydrogen) atoms. The number of nitro groups is 1. The van der Waals surface area contributed by atoms with Crippen molar-refractivity contribution in [3.8, 4) is 5.75 Å². The number of allylic oxidation sites excluding steroid dienone is 1. The molecule has 0 aliphatic heterocycles. The minimum atomic E-state index is -0.525. The summed E-state index contributed by atoms with van der Waals surface area (Å²) in [5.74, 6) is -0.267. The molecule has 7 nitrogen and oxygen atoms in total. The summed E-state index contributed by atoms with van der Waals surface area (Å²) in [5.41, 5.74) is 6.97. The number of hydrazine groups is 1. The van der Waals surface area contributed by atoms with Gasteiger partial charge in [0.25, 0.3) is 11.6 Å². The van der Waals surface area contributed by atoms with E-state index in [0.29, 0.717) is 11.3 Å². The molecule has 1 amide bonds. The molecule has 0 aromatic heterocycles. The molecule has 0 aliphatic carbocycles. The van der Waals surface area contributed by atoms with Crippen molar-refractivity contribution in [2.45, 2.75) is 6.92 Å². The quantitative estimate of drug-likeness (QED) is 0.581. The second-order valence-corrected chi connectivity index (χ2v) is 4.63. The zero-order valence-electron chi connectivity index (χ0n) is 12.3. The van der Waals surface area contributed by atoms with Gasteiger partial charge in [0, 0.05) is 17.7 Å². The van der Waals surface area contributed by atoms with E-state index in [1.807, 2.05) is 0 Å². The molecule has 118 valence electrons. The highest BCUT2D eigenvalue weighted by Gasteiger charge is 2.09. The van der Waals surface area contributed by atoms with Gasteiger partial charge in [-0.15, -0.1) is 0 Å². The maximum atomic E-state index is 12.0. The summed E-state index contributed by atoms with van der Waals surface area (Å²) in [6.45, 7) is 1.80. The molecule has 0 saturated carbocycles. The van der Waals surface area contributed by atoms with Crippen LogP contribution >= 0.6 is 0 Å². The number of non-ortho nitro benzene ring substituents is 1. The minimum Gasteiger partial charge on any atom is -0.508 e. The molecule has 0 spiro atoms. The number of aromatic hydroxyl groups is 1. The molecule has 2 rings (SSSR count). The van der Waals surface area contributed by atoms with E-state index in [2.05, 4.69) is 10.9 Å². The van der Waals surface area contributed by atoms with Crippen LogP contribution in [0.2, 0.25) is 0 Å². The number of hydrogen-bond acceptors (Lipinski definition) is 5. The SMILES string of the molecule is C/C=C(\NNC(=O)c1ccc([N+](=O)[O-])cc1)c1ccc(O)cc1. The summed E-state index contributed by atoms with van der Waals surface area (Å²) in [6, 6.07) is 11.8. The number of benzene rings is 2. The number of amides is 1. The van der Waals surface area contributed by atoms with Crippen molar-refractivity contribution >= 4 is 17.3 Å². The van der Waals surface area contributed by atoms with Crippen molar-refractivity contribution in [1.82, 2.24) is 10.9 Å².